The van der Waals surface area contributed by atoms with Gasteiger partial charge in [-0.1, -0.05) is 31.2 Å². The van der Waals surface area contributed by atoms with Crippen molar-refractivity contribution in [2.45, 2.75) is 23.5 Å². The van der Waals surface area contributed by atoms with E-state index in [0.29, 0.717) is 34.1 Å². The third-order valence-corrected chi connectivity index (χ3v) is 9.32. The lowest BCUT2D eigenvalue weighted by molar-refractivity contribution is -0.116. The molecule has 0 saturated heterocycles. The van der Waals surface area contributed by atoms with E-state index in [2.05, 4.69) is 20.9 Å². The maximum Gasteiger partial charge on any atom is 0.272 e. The van der Waals surface area contributed by atoms with Gasteiger partial charge in [-0.3, -0.25) is 14.4 Å². The van der Waals surface area contributed by atoms with E-state index in [-0.39, 0.29) is 17.4 Å². The minimum absolute atomic E-state index is 0.00772. The number of anilines is 2. The van der Waals surface area contributed by atoms with E-state index in [1.165, 1.54) is 48.4 Å². The smallest absolute Gasteiger partial charge is 0.272 e. The first-order chi connectivity index (χ1) is 23.8. The van der Waals surface area contributed by atoms with Crippen molar-refractivity contribution in [1.82, 2.24) is 10.3 Å². The van der Waals surface area contributed by atoms with Gasteiger partial charge < -0.3 is 30.5 Å². The third-order valence-electron chi connectivity index (χ3n) is 7.20. The highest BCUT2D eigenvalue weighted by Crippen LogP contribution is 2.31. The van der Waals surface area contributed by atoms with Crippen LogP contribution in [0.1, 0.15) is 29.3 Å². The molecule has 49 heavy (non-hydrogen) atoms. The number of aromatic hydroxyl groups is 1. The second kappa shape index (κ2) is 16.5. The van der Waals surface area contributed by atoms with Gasteiger partial charge in [-0.2, -0.15) is 0 Å². The number of hydrogen-bond acceptors (Lipinski definition) is 9. The molecule has 5 aromatic rings. The standard InChI is InChI=1S/C37H34N4O6S2/c1-4-33(36(45)41-37-40-31(22-48-37)23-14-17-28(46-2)18-15-23)49-29-12-8-11-26(20-29)38-35(44)30(39-34(43)24-9-6-5-7-10-24)19-25-13-16-27(42)21-32(25)47-3/h5-22,33,42H,4H2,1-3H3,(H,38,44)(H,39,43)(H,40,41,45)/b30-19+. The van der Waals surface area contributed by atoms with Crippen LogP contribution < -0.4 is 25.4 Å². The summed E-state index contributed by atoms with van der Waals surface area (Å²) in [6.07, 6.45) is 2.03. The van der Waals surface area contributed by atoms with Crippen LogP contribution in [0.2, 0.25) is 0 Å². The van der Waals surface area contributed by atoms with Crippen LogP contribution in [0.25, 0.3) is 17.3 Å². The fourth-order valence-corrected chi connectivity index (χ4v) is 6.40. The topological polar surface area (TPSA) is 139 Å². The number of methoxy groups -OCH3 is 2. The minimum atomic E-state index is -0.581. The van der Waals surface area contributed by atoms with Gasteiger partial charge in [0.2, 0.25) is 5.91 Å². The summed E-state index contributed by atoms with van der Waals surface area (Å²) in [4.78, 5) is 45.3. The van der Waals surface area contributed by atoms with Gasteiger partial charge in [0.15, 0.2) is 5.13 Å². The Hall–Kier alpha value is -5.59. The van der Waals surface area contributed by atoms with Gasteiger partial charge in [0.25, 0.3) is 11.8 Å². The summed E-state index contributed by atoms with van der Waals surface area (Å²) in [5.74, 6) is -0.183. The number of nitrogens with zero attached hydrogens (tertiary/aromatic N) is 1. The van der Waals surface area contributed by atoms with Crippen molar-refractivity contribution in [3.8, 4) is 28.5 Å². The Morgan fingerprint density at radius 3 is 2.41 bits per heavy atom. The Labute approximate surface area is 292 Å². The van der Waals surface area contributed by atoms with Gasteiger partial charge in [-0.15, -0.1) is 23.1 Å². The molecule has 1 aromatic heterocycles. The van der Waals surface area contributed by atoms with E-state index in [0.717, 1.165) is 21.9 Å². The van der Waals surface area contributed by atoms with Crippen LogP contribution in [0, 0.1) is 0 Å². The summed E-state index contributed by atoms with van der Waals surface area (Å²) in [5.41, 5.74) is 2.93. The zero-order chi connectivity index (χ0) is 34.8. The quantitative estimate of drug-likeness (QED) is 0.0737. The van der Waals surface area contributed by atoms with Crippen LogP contribution in [0.3, 0.4) is 0 Å². The molecule has 0 fully saturated rings. The van der Waals surface area contributed by atoms with Crippen LogP contribution in [-0.4, -0.2) is 47.3 Å². The average molecular weight is 695 g/mol. The summed E-state index contributed by atoms with van der Waals surface area (Å²) in [7, 11) is 3.05. The molecule has 4 aromatic carbocycles. The molecule has 0 radical (unpaired) electrons. The van der Waals surface area contributed by atoms with E-state index in [1.807, 2.05) is 42.6 Å². The lowest BCUT2D eigenvalue weighted by atomic mass is 10.1. The molecule has 0 aliphatic rings. The van der Waals surface area contributed by atoms with E-state index < -0.39 is 17.1 Å². The second-order valence-corrected chi connectivity index (χ2v) is 12.7. The van der Waals surface area contributed by atoms with Crippen molar-refractivity contribution in [3.63, 3.8) is 0 Å². The number of carbonyl (C=O) groups excluding carboxylic acids is 3. The highest BCUT2D eigenvalue weighted by atomic mass is 32.2. The number of nitrogens with one attached hydrogen (secondary N) is 3. The Balaban J connectivity index is 1.29. The van der Waals surface area contributed by atoms with E-state index in [9.17, 15) is 19.5 Å². The lowest BCUT2D eigenvalue weighted by Gasteiger charge is -2.15. The third kappa shape index (κ3) is 9.28. The normalized spacial score (nSPS) is 11.7. The average Bonchev–Trinajstić information content (AvgIpc) is 3.59. The minimum Gasteiger partial charge on any atom is -0.508 e. The van der Waals surface area contributed by atoms with Crippen LogP contribution in [0.4, 0.5) is 10.8 Å². The Morgan fingerprint density at radius 1 is 0.918 bits per heavy atom. The van der Waals surface area contributed by atoms with Gasteiger partial charge in [0.1, 0.15) is 22.9 Å². The number of carbonyl (C=O) groups is 3. The highest BCUT2D eigenvalue weighted by Gasteiger charge is 2.21. The first-order valence-corrected chi connectivity index (χ1v) is 17.0. The molecule has 1 heterocycles. The number of benzene rings is 4. The van der Waals surface area contributed by atoms with Gasteiger partial charge in [0, 0.05) is 38.7 Å². The summed E-state index contributed by atoms with van der Waals surface area (Å²) < 4.78 is 10.6. The molecular weight excluding hydrogens is 661 g/mol. The van der Waals surface area contributed by atoms with E-state index >= 15 is 0 Å². The second-order valence-electron chi connectivity index (χ2n) is 10.6. The van der Waals surface area contributed by atoms with Crippen molar-refractivity contribution in [2.75, 3.05) is 24.9 Å². The van der Waals surface area contributed by atoms with Gasteiger partial charge in [-0.25, -0.2) is 4.98 Å². The van der Waals surface area contributed by atoms with Crippen molar-refractivity contribution >= 4 is 57.7 Å². The monoisotopic (exact) mass is 694 g/mol. The van der Waals surface area contributed by atoms with E-state index in [1.54, 1.807) is 61.7 Å². The lowest BCUT2D eigenvalue weighted by Crippen LogP contribution is -2.30. The molecule has 250 valence electrons. The number of thiazole rings is 1. The summed E-state index contributed by atoms with van der Waals surface area (Å²) in [6, 6.07) is 27.6. The molecule has 12 heteroatoms. The molecule has 0 saturated carbocycles. The Kier molecular flexibility index (Phi) is 11.7. The number of rotatable bonds is 13. The van der Waals surface area contributed by atoms with Gasteiger partial charge in [-0.05, 0) is 79.2 Å². The van der Waals surface area contributed by atoms with Crippen LogP contribution in [0.5, 0.6) is 17.2 Å². The zero-order valence-electron chi connectivity index (χ0n) is 26.9. The molecule has 10 nitrogen and oxygen atoms in total. The molecule has 1 unspecified atom stereocenters. The summed E-state index contributed by atoms with van der Waals surface area (Å²) in [5, 5.41) is 20.3. The number of ether oxygens (including phenoxy) is 2. The number of hydrogen-bond donors (Lipinski definition) is 4. The van der Waals surface area contributed by atoms with Gasteiger partial charge >= 0.3 is 0 Å². The molecule has 1 atom stereocenters. The molecule has 0 spiro atoms. The molecule has 5 rings (SSSR count). The van der Waals surface area contributed by atoms with Crippen LogP contribution >= 0.6 is 23.1 Å². The van der Waals surface area contributed by atoms with Crippen molar-refractivity contribution in [3.05, 3.63) is 119 Å². The first-order valence-electron chi connectivity index (χ1n) is 15.2. The zero-order valence-corrected chi connectivity index (χ0v) is 28.6. The number of thioether (sulfide) groups is 1. The molecule has 3 amide bonds. The van der Waals surface area contributed by atoms with Crippen LogP contribution in [0.15, 0.2) is 113 Å². The largest absolute Gasteiger partial charge is 0.508 e. The Morgan fingerprint density at radius 2 is 1.69 bits per heavy atom. The van der Waals surface area contributed by atoms with Crippen LogP contribution in [-0.2, 0) is 9.59 Å². The summed E-state index contributed by atoms with van der Waals surface area (Å²) >= 11 is 2.71. The number of amides is 3. The number of aromatic nitrogens is 1. The van der Waals surface area contributed by atoms with Crippen molar-refractivity contribution in [1.29, 1.82) is 0 Å². The van der Waals surface area contributed by atoms with E-state index in [4.69, 9.17) is 9.47 Å². The molecule has 0 aliphatic heterocycles. The number of phenolic OH excluding ortho intramolecular Hbond substituents is 1. The van der Waals surface area contributed by atoms with Crippen molar-refractivity contribution in [2.24, 2.45) is 0 Å². The summed E-state index contributed by atoms with van der Waals surface area (Å²) in [6.45, 7) is 1.93. The molecule has 0 aliphatic carbocycles. The first kappa shape index (κ1) is 34.7. The van der Waals surface area contributed by atoms with Crippen molar-refractivity contribution < 1.29 is 29.0 Å². The number of phenols is 1. The maximum atomic E-state index is 13.6. The predicted octanol–water partition coefficient (Wildman–Crippen LogP) is 7.45. The maximum absolute atomic E-state index is 13.6. The SMILES string of the molecule is CCC(Sc1cccc(NC(=O)/C(=C\c2ccc(O)cc2OC)NC(=O)c2ccccc2)c1)C(=O)Nc1nc(-c2ccc(OC)cc2)cs1. The fourth-order valence-electron chi connectivity index (χ4n) is 4.66. The fraction of sp³-hybridized carbons (Fsp3) is 0.135. The Bertz CT molecular complexity index is 1960. The predicted molar refractivity (Wildman–Crippen MR) is 194 cm³/mol. The highest BCUT2D eigenvalue weighted by molar-refractivity contribution is 8.00. The molecular formula is C37H34N4O6S2. The molecule has 4 N–H and O–H groups in total. The molecule has 0 bridgehead atoms. The van der Waals surface area contributed by atoms with Gasteiger partial charge in [0.05, 0.1) is 25.2 Å².